The molecule has 0 aromatic rings. The SMILES string of the molecule is C=CC.CC(C)C1CCCN1C=O. The van der Waals surface area contributed by atoms with Crippen molar-refractivity contribution in [1.82, 2.24) is 4.90 Å². The molecule has 1 aliphatic heterocycles. The van der Waals surface area contributed by atoms with Crippen molar-refractivity contribution in [3.05, 3.63) is 12.7 Å². The third-order valence-electron chi connectivity index (χ3n) is 2.25. The summed E-state index contributed by atoms with van der Waals surface area (Å²) in [4.78, 5) is 12.4. The molecule has 0 bridgehead atoms. The monoisotopic (exact) mass is 183 g/mol. The molecule has 0 aromatic carbocycles. The van der Waals surface area contributed by atoms with Crippen LogP contribution >= 0.6 is 0 Å². The number of nitrogens with zero attached hydrogens (tertiary/aromatic N) is 1. The maximum absolute atomic E-state index is 10.4. The van der Waals surface area contributed by atoms with Crippen LogP contribution in [-0.4, -0.2) is 23.9 Å². The number of amides is 1. The summed E-state index contributed by atoms with van der Waals surface area (Å²) >= 11 is 0. The van der Waals surface area contributed by atoms with Gasteiger partial charge in [-0.25, -0.2) is 0 Å². The van der Waals surface area contributed by atoms with Crippen molar-refractivity contribution >= 4 is 6.41 Å². The van der Waals surface area contributed by atoms with Crippen molar-refractivity contribution in [2.24, 2.45) is 5.92 Å². The highest BCUT2D eigenvalue weighted by atomic mass is 16.1. The molecule has 0 aromatic heterocycles. The Balaban J connectivity index is 0.000000424. The Morgan fingerprint density at radius 1 is 1.54 bits per heavy atom. The second-order valence-electron chi connectivity index (χ2n) is 3.71. The van der Waals surface area contributed by atoms with E-state index in [1.54, 1.807) is 6.08 Å². The topological polar surface area (TPSA) is 20.3 Å². The Morgan fingerprint density at radius 2 is 2.08 bits per heavy atom. The Hall–Kier alpha value is -0.790. The van der Waals surface area contributed by atoms with E-state index < -0.39 is 0 Å². The highest BCUT2D eigenvalue weighted by molar-refractivity contribution is 5.48. The molecule has 1 saturated heterocycles. The molecule has 76 valence electrons. The van der Waals surface area contributed by atoms with Gasteiger partial charge in [-0.2, -0.15) is 0 Å². The third kappa shape index (κ3) is 4.11. The van der Waals surface area contributed by atoms with Gasteiger partial charge in [0.2, 0.25) is 6.41 Å². The first kappa shape index (κ1) is 12.2. The van der Waals surface area contributed by atoms with E-state index in [-0.39, 0.29) is 0 Å². The fraction of sp³-hybridized carbons (Fsp3) is 0.727. The number of hydrogen-bond acceptors (Lipinski definition) is 1. The van der Waals surface area contributed by atoms with Crippen molar-refractivity contribution in [3.63, 3.8) is 0 Å². The molecule has 0 saturated carbocycles. The fourth-order valence-electron chi connectivity index (χ4n) is 1.66. The van der Waals surface area contributed by atoms with E-state index in [4.69, 9.17) is 0 Å². The lowest BCUT2D eigenvalue weighted by atomic mass is 10.0. The molecular formula is C11H21NO. The van der Waals surface area contributed by atoms with E-state index >= 15 is 0 Å². The Kier molecular flexibility index (Phi) is 6.29. The van der Waals surface area contributed by atoms with Crippen LogP contribution in [-0.2, 0) is 4.79 Å². The Labute approximate surface area is 81.6 Å². The van der Waals surface area contributed by atoms with E-state index in [1.807, 2.05) is 11.8 Å². The quantitative estimate of drug-likeness (QED) is 0.475. The van der Waals surface area contributed by atoms with Gasteiger partial charge in [0.05, 0.1) is 0 Å². The molecular weight excluding hydrogens is 162 g/mol. The summed E-state index contributed by atoms with van der Waals surface area (Å²) in [7, 11) is 0. The van der Waals surface area contributed by atoms with E-state index in [0.717, 1.165) is 13.0 Å². The molecule has 13 heavy (non-hydrogen) atoms. The smallest absolute Gasteiger partial charge is 0.209 e. The van der Waals surface area contributed by atoms with Gasteiger partial charge < -0.3 is 4.90 Å². The molecule has 1 aliphatic rings. The molecule has 1 unspecified atom stereocenters. The van der Waals surface area contributed by atoms with Gasteiger partial charge in [-0.1, -0.05) is 19.9 Å². The predicted octanol–water partition coefficient (Wildman–Crippen LogP) is 2.46. The average molecular weight is 183 g/mol. The zero-order valence-corrected chi connectivity index (χ0v) is 8.99. The van der Waals surface area contributed by atoms with Gasteiger partial charge in [-0.3, -0.25) is 4.79 Å². The zero-order valence-electron chi connectivity index (χ0n) is 8.99. The summed E-state index contributed by atoms with van der Waals surface area (Å²) < 4.78 is 0. The highest BCUT2D eigenvalue weighted by Gasteiger charge is 2.24. The summed E-state index contributed by atoms with van der Waals surface area (Å²) in [5, 5.41) is 0. The zero-order chi connectivity index (χ0) is 10.3. The normalized spacial score (nSPS) is 20.9. The minimum absolute atomic E-state index is 0.512. The minimum atomic E-state index is 0.512. The summed E-state index contributed by atoms with van der Waals surface area (Å²) in [5.41, 5.74) is 0. The van der Waals surface area contributed by atoms with Gasteiger partial charge in [-0.05, 0) is 25.7 Å². The first-order valence-corrected chi connectivity index (χ1v) is 4.95. The van der Waals surface area contributed by atoms with Crippen molar-refractivity contribution in [1.29, 1.82) is 0 Å². The molecule has 0 aliphatic carbocycles. The molecule has 2 nitrogen and oxygen atoms in total. The van der Waals surface area contributed by atoms with Crippen LogP contribution in [0.1, 0.15) is 33.6 Å². The van der Waals surface area contributed by atoms with Crippen LogP contribution in [0, 0.1) is 5.92 Å². The number of hydrogen-bond donors (Lipinski definition) is 0. The van der Waals surface area contributed by atoms with Gasteiger partial charge in [0, 0.05) is 12.6 Å². The summed E-state index contributed by atoms with van der Waals surface area (Å²) in [6.45, 7) is 10.6. The molecule has 0 spiro atoms. The number of likely N-dealkylation sites (tertiary alicyclic amines) is 1. The van der Waals surface area contributed by atoms with Crippen LogP contribution in [0.5, 0.6) is 0 Å². The summed E-state index contributed by atoms with van der Waals surface area (Å²) in [6.07, 6.45) is 5.11. The minimum Gasteiger partial charge on any atom is -0.342 e. The van der Waals surface area contributed by atoms with E-state index in [0.29, 0.717) is 12.0 Å². The molecule has 1 heterocycles. The van der Waals surface area contributed by atoms with Crippen LogP contribution in [0.15, 0.2) is 12.7 Å². The molecule has 2 heteroatoms. The number of allylic oxidation sites excluding steroid dienone is 1. The first-order chi connectivity index (χ1) is 6.17. The highest BCUT2D eigenvalue weighted by Crippen LogP contribution is 2.21. The Morgan fingerprint density at radius 3 is 2.38 bits per heavy atom. The standard InChI is InChI=1S/C8H15NO.C3H6/c1-7(2)8-4-3-5-9(8)6-10;1-3-2/h6-8H,3-5H2,1-2H3;3H,1H2,2H3. The predicted molar refractivity (Wildman–Crippen MR) is 56.5 cm³/mol. The maximum Gasteiger partial charge on any atom is 0.209 e. The third-order valence-corrected chi connectivity index (χ3v) is 2.25. The Bertz CT molecular complexity index is 154. The van der Waals surface area contributed by atoms with Crippen molar-refractivity contribution in [2.45, 2.75) is 39.7 Å². The number of rotatable bonds is 2. The average Bonchev–Trinajstić information content (AvgIpc) is 2.52. The van der Waals surface area contributed by atoms with Gasteiger partial charge in [0.15, 0.2) is 0 Å². The van der Waals surface area contributed by atoms with Crippen LogP contribution in [0.3, 0.4) is 0 Å². The van der Waals surface area contributed by atoms with Crippen molar-refractivity contribution < 1.29 is 4.79 Å². The largest absolute Gasteiger partial charge is 0.342 e. The maximum atomic E-state index is 10.4. The number of carbonyl (C=O) groups is 1. The lowest BCUT2D eigenvalue weighted by molar-refractivity contribution is -0.119. The van der Waals surface area contributed by atoms with Gasteiger partial charge >= 0.3 is 0 Å². The van der Waals surface area contributed by atoms with E-state index in [2.05, 4.69) is 20.4 Å². The van der Waals surface area contributed by atoms with Gasteiger partial charge in [0.25, 0.3) is 0 Å². The van der Waals surface area contributed by atoms with Crippen molar-refractivity contribution in [3.8, 4) is 0 Å². The first-order valence-electron chi connectivity index (χ1n) is 4.95. The van der Waals surface area contributed by atoms with Crippen molar-refractivity contribution in [2.75, 3.05) is 6.54 Å². The molecule has 1 amide bonds. The van der Waals surface area contributed by atoms with Crippen LogP contribution < -0.4 is 0 Å². The summed E-state index contributed by atoms with van der Waals surface area (Å²) in [5.74, 6) is 0.618. The fourth-order valence-corrected chi connectivity index (χ4v) is 1.66. The second-order valence-corrected chi connectivity index (χ2v) is 3.71. The number of carbonyl (C=O) groups excluding carboxylic acids is 1. The van der Waals surface area contributed by atoms with E-state index in [9.17, 15) is 4.79 Å². The molecule has 1 rings (SSSR count). The molecule has 0 N–H and O–H groups in total. The molecule has 0 radical (unpaired) electrons. The van der Waals surface area contributed by atoms with Crippen LogP contribution in [0.2, 0.25) is 0 Å². The van der Waals surface area contributed by atoms with Crippen LogP contribution in [0.25, 0.3) is 0 Å². The molecule has 1 atom stereocenters. The summed E-state index contributed by atoms with van der Waals surface area (Å²) in [6, 6.07) is 0.512. The lowest BCUT2D eigenvalue weighted by Crippen LogP contribution is -2.31. The second kappa shape index (κ2) is 6.70. The van der Waals surface area contributed by atoms with Gasteiger partial charge in [-0.15, -0.1) is 6.58 Å². The lowest BCUT2D eigenvalue weighted by Gasteiger charge is -2.22. The van der Waals surface area contributed by atoms with Crippen LogP contribution in [0.4, 0.5) is 0 Å². The van der Waals surface area contributed by atoms with E-state index in [1.165, 1.54) is 12.8 Å². The molecule has 1 fully saturated rings. The van der Waals surface area contributed by atoms with Gasteiger partial charge in [0.1, 0.15) is 0 Å².